The summed E-state index contributed by atoms with van der Waals surface area (Å²) in [5.74, 6) is -2.72. The number of carboxylic acids is 1. The van der Waals surface area contributed by atoms with Crippen molar-refractivity contribution in [3.63, 3.8) is 0 Å². The number of hydrogen-bond acceptors (Lipinski definition) is 6. The third-order valence-corrected chi connectivity index (χ3v) is 6.27. The van der Waals surface area contributed by atoms with E-state index in [1.807, 2.05) is 30.3 Å². The van der Waals surface area contributed by atoms with Crippen molar-refractivity contribution in [2.45, 2.75) is 76.5 Å². The van der Waals surface area contributed by atoms with E-state index in [-0.39, 0.29) is 12.3 Å². The van der Waals surface area contributed by atoms with Crippen LogP contribution in [0.4, 0.5) is 0 Å². The Morgan fingerprint density at radius 3 is 2.37 bits per heavy atom. The minimum absolute atomic E-state index is 0.200. The molecule has 1 aromatic rings. The lowest BCUT2D eigenvalue weighted by Gasteiger charge is -2.30. The molecule has 35 heavy (non-hydrogen) atoms. The summed E-state index contributed by atoms with van der Waals surface area (Å²) >= 11 is 0. The number of unbranched alkanes of at least 4 members (excludes halogenated alkanes) is 1. The predicted molar refractivity (Wildman–Crippen MR) is 132 cm³/mol. The number of rotatable bonds is 13. The van der Waals surface area contributed by atoms with E-state index in [1.165, 1.54) is 4.90 Å². The van der Waals surface area contributed by atoms with Gasteiger partial charge in [-0.05, 0) is 43.7 Å². The molecule has 194 valence electrons. The second kappa shape index (κ2) is 13.8. The van der Waals surface area contributed by atoms with Crippen LogP contribution in [0.15, 0.2) is 30.3 Å². The van der Waals surface area contributed by atoms with Gasteiger partial charge in [0.2, 0.25) is 17.7 Å². The number of carbonyl (C=O) groups is 4. The Balaban J connectivity index is 2.17. The maximum absolute atomic E-state index is 13.4. The van der Waals surface area contributed by atoms with Crippen molar-refractivity contribution < 1.29 is 24.3 Å². The monoisotopic (exact) mass is 489 g/mol. The Kier molecular flexibility index (Phi) is 11.1. The molecule has 2 rings (SSSR count). The first kappa shape index (κ1) is 28.3. The first-order valence-electron chi connectivity index (χ1n) is 12.3. The molecule has 1 saturated heterocycles. The largest absolute Gasteiger partial charge is 0.480 e. The summed E-state index contributed by atoms with van der Waals surface area (Å²) in [5.41, 5.74) is 12.3. The molecule has 1 aromatic carbocycles. The Morgan fingerprint density at radius 1 is 1.09 bits per heavy atom. The van der Waals surface area contributed by atoms with Gasteiger partial charge in [0, 0.05) is 13.0 Å². The molecule has 0 spiro atoms. The molecule has 7 N–H and O–H groups in total. The van der Waals surface area contributed by atoms with Gasteiger partial charge in [-0.2, -0.15) is 0 Å². The van der Waals surface area contributed by atoms with Gasteiger partial charge in [-0.25, -0.2) is 4.79 Å². The standard InChI is InChI=1S/C25H39N5O5/c1-16(2)21(29-22(31)18(27)11-6-7-13-26)23(32)28-19(15-17-9-4-3-5-10-17)24(33)30-14-8-12-20(30)25(34)35/h3-5,9-10,16,18-21H,6-8,11-15,26-27H2,1-2H3,(H,28,32)(H,29,31)(H,34,35). The molecule has 0 bridgehead atoms. The number of hydrogen-bond donors (Lipinski definition) is 5. The number of nitrogens with one attached hydrogen (secondary N) is 2. The molecule has 1 aliphatic heterocycles. The van der Waals surface area contributed by atoms with Crippen LogP contribution in [0.2, 0.25) is 0 Å². The summed E-state index contributed by atoms with van der Waals surface area (Å²) in [4.78, 5) is 52.2. The van der Waals surface area contributed by atoms with E-state index in [4.69, 9.17) is 11.5 Å². The van der Waals surface area contributed by atoms with Crippen LogP contribution in [0, 0.1) is 5.92 Å². The van der Waals surface area contributed by atoms with Crippen LogP contribution in [0.25, 0.3) is 0 Å². The van der Waals surface area contributed by atoms with Crippen molar-refractivity contribution in [2.75, 3.05) is 13.1 Å². The van der Waals surface area contributed by atoms with E-state index < -0.39 is 47.9 Å². The zero-order valence-corrected chi connectivity index (χ0v) is 20.6. The zero-order chi connectivity index (χ0) is 26.0. The summed E-state index contributed by atoms with van der Waals surface area (Å²) in [6.07, 6.45) is 3.08. The summed E-state index contributed by atoms with van der Waals surface area (Å²) in [7, 11) is 0. The number of carboxylic acid groups (broad SMARTS) is 1. The van der Waals surface area contributed by atoms with Crippen LogP contribution in [0.1, 0.15) is 51.5 Å². The first-order valence-corrected chi connectivity index (χ1v) is 12.3. The maximum atomic E-state index is 13.4. The molecule has 4 unspecified atom stereocenters. The number of benzene rings is 1. The van der Waals surface area contributed by atoms with E-state index in [2.05, 4.69) is 10.6 Å². The quantitative estimate of drug-likeness (QED) is 0.250. The Hall–Kier alpha value is -2.98. The van der Waals surface area contributed by atoms with Gasteiger partial charge in [-0.1, -0.05) is 50.6 Å². The van der Waals surface area contributed by atoms with Crippen molar-refractivity contribution >= 4 is 23.7 Å². The summed E-state index contributed by atoms with van der Waals surface area (Å²) in [6.45, 7) is 4.42. The Labute approximate surface area is 206 Å². The molecule has 0 aliphatic carbocycles. The van der Waals surface area contributed by atoms with Gasteiger partial charge in [0.15, 0.2) is 0 Å². The first-order chi connectivity index (χ1) is 16.6. The van der Waals surface area contributed by atoms with Crippen LogP contribution < -0.4 is 22.1 Å². The fraction of sp³-hybridized carbons (Fsp3) is 0.600. The highest BCUT2D eigenvalue weighted by molar-refractivity contribution is 5.94. The van der Waals surface area contributed by atoms with E-state index >= 15 is 0 Å². The molecule has 0 aromatic heterocycles. The number of nitrogens with two attached hydrogens (primary N) is 2. The lowest BCUT2D eigenvalue weighted by atomic mass is 9.99. The van der Waals surface area contributed by atoms with Gasteiger partial charge in [0.25, 0.3) is 0 Å². The Bertz CT molecular complexity index is 863. The number of aliphatic carboxylic acids is 1. The molecule has 1 aliphatic rings. The van der Waals surface area contributed by atoms with Crippen LogP contribution >= 0.6 is 0 Å². The molecule has 3 amide bonds. The fourth-order valence-corrected chi connectivity index (χ4v) is 4.23. The van der Waals surface area contributed by atoms with Crippen LogP contribution in [-0.4, -0.2) is 71.0 Å². The smallest absolute Gasteiger partial charge is 0.326 e. The minimum Gasteiger partial charge on any atom is -0.480 e. The Morgan fingerprint density at radius 2 is 1.77 bits per heavy atom. The molecule has 0 saturated carbocycles. The molecule has 1 heterocycles. The molecule has 0 radical (unpaired) electrons. The average Bonchev–Trinajstić information content (AvgIpc) is 3.32. The number of carbonyl (C=O) groups excluding carboxylic acids is 3. The van der Waals surface area contributed by atoms with Gasteiger partial charge in [0.1, 0.15) is 18.1 Å². The lowest BCUT2D eigenvalue weighted by molar-refractivity contribution is -0.149. The number of nitrogens with zero attached hydrogens (tertiary/aromatic N) is 1. The van der Waals surface area contributed by atoms with Crippen LogP contribution in [0.3, 0.4) is 0 Å². The van der Waals surface area contributed by atoms with Crippen LogP contribution in [-0.2, 0) is 25.6 Å². The maximum Gasteiger partial charge on any atom is 0.326 e. The lowest BCUT2D eigenvalue weighted by Crippen LogP contribution is -2.58. The van der Waals surface area contributed by atoms with E-state index in [9.17, 15) is 24.3 Å². The van der Waals surface area contributed by atoms with Crippen molar-refractivity contribution in [1.82, 2.24) is 15.5 Å². The SMILES string of the molecule is CC(C)C(NC(=O)C(N)CCCCN)C(=O)NC(Cc1ccccc1)C(=O)N1CCCC1C(=O)O. The highest BCUT2D eigenvalue weighted by Gasteiger charge is 2.38. The minimum atomic E-state index is -1.06. The molecule has 1 fully saturated rings. The second-order valence-corrected chi connectivity index (χ2v) is 9.40. The number of amides is 3. The summed E-state index contributed by atoms with van der Waals surface area (Å²) in [5, 5.41) is 15.0. The molecule has 10 nitrogen and oxygen atoms in total. The summed E-state index contributed by atoms with van der Waals surface area (Å²) in [6, 6.07) is 5.64. The van der Waals surface area contributed by atoms with E-state index in [0.717, 1.165) is 12.0 Å². The van der Waals surface area contributed by atoms with Gasteiger partial charge in [-0.3, -0.25) is 14.4 Å². The third kappa shape index (κ3) is 8.32. The predicted octanol–water partition coefficient (Wildman–Crippen LogP) is 0.387. The third-order valence-electron chi connectivity index (χ3n) is 6.27. The van der Waals surface area contributed by atoms with E-state index in [0.29, 0.717) is 38.8 Å². The normalized spacial score (nSPS) is 18.1. The highest BCUT2D eigenvalue weighted by Crippen LogP contribution is 2.20. The van der Waals surface area contributed by atoms with Crippen molar-refractivity contribution in [3.05, 3.63) is 35.9 Å². The van der Waals surface area contributed by atoms with Crippen molar-refractivity contribution in [3.8, 4) is 0 Å². The molecular weight excluding hydrogens is 450 g/mol. The van der Waals surface area contributed by atoms with E-state index in [1.54, 1.807) is 13.8 Å². The molecule has 10 heteroatoms. The zero-order valence-electron chi connectivity index (χ0n) is 20.6. The highest BCUT2D eigenvalue weighted by atomic mass is 16.4. The van der Waals surface area contributed by atoms with Crippen LogP contribution in [0.5, 0.6) is 0 Å². The molecule has 4 atom stereocenters. The number of likely N-dealkylation sites (tertiary alicyclic amines) is 1. The topological polar surface area (TPSA) is 168 Å². The summed E-state index contributed by atoms with van der Waals surface area (Å²) < 4.78 is 0. The van der Waals surface area contributed by atoms with Gasteiger partial charge in [-0.15, -0.1) is 0 Å². The van der Waals surface area contributed by atoms with Crippen molar-refractivity contribution in [2.24, 2.45) is 17.4 Å². The van der Waals surface area contributed by atoms with Gasteiger partial charge < -0.3 is 32.1 Å². The molecular formula is C25H39N5O5. The second-order valence-electron chi connectivity index (χ2n) is 9.40. The fourth-order valence-electron chi connectivity index (χ4n) is 4.23. The van der Waals surface area contributed by atoms with Gasteiger partial charge >= 0.3 is 5.97 Å². The van der Waals surface area contributed by atoms with Crippen molar-refractivity contribution in [1.29, 1.82) is 0 Å². The average molecular weight is 490 g/mol. The van der Waals surface area contributed by atoms with Gasteiger partial charge in [0.05, 0.1) is 6.04 Å².